The van der Waals surface area contributed by atoms with E-state index in [1.165, 1.54) is 0 Å². The summed E-state index contributed by atoms with van der Waals surface area (Å²) in [7, 11) is 1.96. The SMILES string of the molecule is Cc1nnc(CN(C)[C@@H]2CN(c3ncnc4c(C)cccc34)C[C@H]2O)o1. The number of aliphatic hydroxyl groups is 1. The Labute approximate surface area is 151 Å². The number of likely N-dealkylation sites (N-methyl/N-ethyl adjacent to an activating group) is 1. The second-order valence-electron chi connectivity index (χ2n) is 6.84. The number of β-amino-alcohol motifs (C(OH)–C–C–N with tert-alkyl or cyclic N) is 1. The monoisotopic (exact) mass is 354 g/mol. The molecule has 3 heterocycles. The summed E-state index contributed by atoms with van der Waals surface area (Å²) in [6.45, 7) is 5.51. The third-order valence-corrected chi connectivity index (χ3v) is 4.92. The zero-order valence-corrected chi connectivity index (χ0v) is 15.1. The van der Waals surface area contributed by atoms with Crippen molar-refractivity contribution < 1.29 is 9.52 Å². The van der Waals surface area contributed by atoms with Gasteiger partial charge in [0.05, 0.1) is 24.2 Å². The van der Waals surface area contributed by atoms with Gasteiger partial charge >= 0.3 is 0 Å². The molecular weight excluding hydrogens is 332 g/mol. The van der Waals surface area contributed by atoms with Crippen molar-refractivity contribution in [3.8, 4) is 0 Å². The van der Waals surface area contributed by atoms with Crippen molar-refractivity contribution in [3.63, 3.8) is 0 Å². The van der Waals surface area contributed by atoms with E-state index in [1.54, 1.807) is 13.3 Å². The summed E-state index contributed by atoms with van der Waals surface area (Å²) in [6, 6.07) is 6.04. The van der Waals surface area contributed by atoms with Crippen molar-refractivity contribution in [3.05, 3.63) is 41.9 Å². The molecule has 2 atom stereocenters. The highest BCUT2D eigenvalue weighted by atomic mass is 16.4. The van der Waals surface area contributed by atoms with Crippen molar-refractivity contribution in [2.24, 2.45) is 0 Å². The van der Waals surface area contributed by atoms with Gasteiger partial charge in [0, 0.05) is 25.4 Å². The first-order valence-corrected chi connectivity index (χ1v) is 8.65. The molecule has 1 fully saturated rings. The third kappa shape index (κ3) is 3.02. The maximum absolute atomic E-state index is 10.6. The second-order valence-corrected chi connectivity index (χ2v) is 6.84. The Morgan fingerprint density at radius 1 is 1.23 bits per heavy atom. The lowest BCUT2D eigenvalue weighted by molar-refractivity contribution is 0.0903. The molecular formula is C18H22N6O2. The summed E-state index contributed by atoms with van der Waals surface area (Å²) < 4.78 is 5.45. The van der Waals surface area contributed by atoms with Gasteiger partial charge < -0.3 is 14.4 Å². The van der Waals surface area contributed by atoms with E-state index < -0.39 is 6.10 Å². The summed E-state index contributed by atoms with van der Waals surface area (Å²) in [5, 5.41) is 19.5. The topological polar surface area (TPSA) is 91.4 Å². The average molecular weight is 354 g/mol. The number of rotatable bonds is 4. The van der Waals surface area contributed by atoms with E-state index in [1.807, 2.05) is 37.1 Å². The zero-order valence-electron chi connectivity index (χ0n) is 15.1. The van der Waals surface area contributed by atoms with Crippen LogP contribution in [0.4, 0.5) is 5.82 Å². The quantitative estimate of drug-likeness (QED) is 0.750. The van der Waals surface area contributed by atoms with E-state index in [0.29, 0.717) is 31.4 Å². The second kappa shape index (κ2) is 6.62. The number of nitrogens with zero attached hydrogens (tertiary/aromatic N) is 6. The number of hydrogen-bond donors (Lipinski definition) is 1. The maximum atomic E-state index is 10.6. The molecule has 0 bridgehead atoms. The van der Waals surface area contributed by atoms with Crippen LogP contribution in [-0.4, -0.2) is 62.5 Å². The molecule has 26 heavy (non-hydrogen) atoms. The Kier molecular flexibility index (Phi) is 4.29. The minimum Gasteiger partial charge on any atom is -0.424 e. The van der Waals surface area contributed by atoms with E-state index in [2.05, 4.69) is 25.1 Å². The first-order chi connectivity index (χ1) is 12.5. The number of benzene rings is 1. The van der Waals surface area contributed by atoms with Crippen LogP contribution in [0, 0.1) is 13.8 Å². The van der Waals surface area contributed by atoms with Gasteiger partial charge in [-0.2, -0.15) is 0 Å². The number of para-hydroxylation sites is 1. The van der Waals surface area contributed by atoms with Gasteiger partial charge in [-0.1, -0.05) is 12.1 Å². The van der Waals surface area contributed by atoms with Crippen LogP contribution in [0.5, 0.6) is 0 Å². The fraction of sp³-hybridized carbons (Fsp3) is 0.444. The zero-order chi connectivity index (χ0) is 18.3. The van der Waals surface area contributed by atoms with Crippen LogP contribution in [0.15, 0.2) is 28.9 Å². The molecule has 0 radical (unpaired) electrons. The summed E-state index contributed by atoms with van der Waals surface area (Å²) in [5.74, 6) is 1.96. The Morgan fingerprint density at radius 2 is 2.08 bits per heavy atom. The van der Waals surface area contributed by atoms with E-state index in [0.717, 1.165) is 22.3 Å². The van der Waals surface area contributed by atoms with Crippen LogP contribution in [0.2, 0.25) is 0 Å². The first kappa shape index (κ1) is 16.9. The highest BCUT2D eigenvalue weighted by molar-refractivity contribution is 5.91. The number of aromatic nitrogens is 4. The molecule has 1 aliphatic rings. The Balaban J connectivity index is 1.56. The third-order valence-electron chi connectivity index (χ3n) is 4.92. The molecule has 0 saturated carbocycles. The van der Waals surface area contributed by atoms with Gasteiger partial charge in [0.1, 0.15) is 12.1 Å². The van der Waals surface area contributed by atoms with Crippen molar-refractivity contribution in [2.75, 3.05) is 25.0 Å². The summed E-state index contributed by atoms with van der Waals surface area (Å²) in [4.78, 5) is 13.1. The molecule has 1 aliphatic heterocycles. The predicted octanol–water partition coefficient (Wildman–Crippen LogP) is 1.31. The van der Waals surface area contributed by atoms with Crippen LogP contribution < -0.4 is 4.90 Å². The molecule has 8 heteroatoms. The normalized spacial score (nSPS) is 20.4. The molecule has 136 valence electrons. The smallest absolute Gasteiger partial charge is 0.230 e. The number of aliphatic hydroxyl groups excluding tert-OH is 1. The van der Waals surface area contributed by atoms with Gasteiger partial charge in [-0.25, -0.2) is 9.97 Å². The lowest BCUT2D eigenvalue weighted by Crippen LogP contribution is -2.40. The van der Waals surface area contributed by atoms with Gasteiger partial charge in [0.15, 0.2) is 0 Å². The lowest BCUT2D eigenvalue weighted by Gasteiger charge is -2.25. The van der Waals surface area contributed by atoms with Gasteiger partial charge in [-0.05, 0) is 25.6 Å². The van der Waals surface area contributed by atoms with E-state index in [-0.39, 0.29) is 6.04 Å². The van der Waals surface area contributed by atoms with Gasteiger partial charge in [-0.15, -0.1) is 10.2 Å². The van der Waals surface area contributed by atoms with E-state index in [9.17, 15) is 5.11 Å². The highest BCUT2D eigenvalue weighted by Gasteiger charge is 2.35. The standard InChI is InChI=1S/C18H22N6O2/c1-11-5-4-6-13-17(11)19-10-20-18(13)24-7-14(15(25)8-24)23(3)9-16-22-21-12(2)26-16/h4-6,10,14-15,25H,7-9H2,1-3H3/t14-,15-/m1/s1. The fourth-order valence-electron chi connectivity index (χ4n) is 3.58. The molecule has 2 aromatic heterocycles. The Morgan fingerprint density at radius 3 is 2.85 bits per heavy atom. The largest absolute Gasteiger partial charge is 0.424 e. The minimum atomic E-state index is -0.487. The van der Waals surface area contributed by atoms with Crippen molar-refractivity contribution in [1.29, 1.82) is 0 Å². The molecule has 0 amide bonds. The van der Waals surface area contributed by atoms with Gasteiger partial charge in [0.25, 0.3) is 0 Å². The fourth-order valence-corrected chi connectivity index (χ4v) is 3.58. The lowest BCUT2D eigenvalue weighted by atomic mass is 10.1. The maximum Gasteiger partial charge on any atom is 0.230 e. The van der Waals surface area contributed by atoms with E-state index in [4.69, 9.17) is 4.42 Å². The van der Waals surface area contributed by atoms with Crippen LogP contribution in [-0.2, 0) is 6.54 Å². The van der Waals surface area contributed by atoms with Crippen LogP contribution >= 0.6 is 0 Å². The molecule has 8 nitrogen and oxygen atoms in total. The van der Waals surface area contributed by atoms with Crippen LogP contribution in [0.25, 0.3) is 10.9 Å². The van der Waals surface area contributed by atoms with Crippen LogP contribution in [0.1, 0.15) is 17.3 Å². The molecule has 3 aromatic rings. The Bertz CT molecular complexity index is 927. The summed E-state index contributed by atoms with van der Waals surface area (Å²) >= 11 is 0. The molecule has 4 rings (SSSR count). The number of hydrogen-bond acceptors (Lipinski definition) is 8. The number of fused-ring (bicyclic) bond motifs is 1. The van der Waals surface area contributed by atoms with Crippen molar-refractivity contribution in [2.45, 2.75) is 32.5 Å². The number of aryl methyl sites for hydroxylation is 2. The highest BCUT2D eigenvalue weighted by Crippen LogP contribution is 2.29. The van der Waals surface area contributed by atoms with Crippen molar-refractivity contribution >= 4 is 16.7 Å². The average Bonchev–Trinajstić information content (AvgIpc) is 3.20. The van der Waals surface area contributed by atoms with Crippen molar-refractivity contribution in [1.82, 2.24) is 25.1 Å². The molecule has 1 N–H and O–H groups in total. The van der Waals surface area contributed by atoms with Gasteiger partial charge in [0.2, 0.25) is 11.8 Å². The molecule has 0 unspecified atom stereocenters. The summed E-state index contributed by atoms with van der Waals surface area (Å²) in [5.41, 5.74) is 2.07. The molecule has 0 spiro atoms. The molecule has 0 aliphatic carbocycles. The Hall–Kier alpha value is -2.58. The van der Waals surface area contributed by atoms with Gasteiger partial charge in [-0.3, -0.25) is 4.90 Å². The predicted molar refractivity (Wildman–Crippen MR) is 96.8 cm³/mol. The molecule has 1 aromatic carbocycles. The van der Waals surface area contributed by atoms with Crippen LogP contribution in [0.3, 0.4) is 0 Å². The molecule has 1 saturated heterocycles. The summed E-state index contributed by atoms with van der Waals surface area (Å²) in [6.07, 6.45) is 1.11. The first-order valence-electron chi connectivity index (χ1n) is 8.65. The number of anilines is 1. The minimum absolute atomic E-state index is 0.0444. The van der Waals surface area contributed by atoms with E-state index >= 15 is 0 Å².